The summed E-state index contributed by atoms with van der Waals surface area (Å²) in [6.07, 6.45) is 0. The highest BCUT2D eigenvalue weighted by Crippen LogP contribution is 2.25. The fraction of sp³-hybridized carbons (Fsp3) is 0.143. The molecule has 0 aliphatic heterocycles. The Morgan fingerprint density at radius 2 is 1.91 bits per heavy atom. The number of nitrogen functional groups attached to an aromatic ring is 1. The average Bonchev–Trinajstić information content (AvgIpc) is 3.42. The van der Waals surface area contributed by atoms with Gasteiger partial charge in [-0.1, -0.05) is 53.2 Å². The van der Waals surface area contributed by atoms with Crippen LogP contribution in [0.15, 0.2) is 69.2 Å². The minimum Gasteiger partial charge on any atom is -0.378 e. The third-order valence-corrected chi connectivity index (χ3v) is 5.61. The predicted octanol–water partition coefficient (Wildman–Crippen LogP) is 2.99. The summed E-state index contributed by atoms with van der Waals surface area (Å²) in [4.78, 5) is 13.9. The van der Waals surface area contributed by atoms with Gasteiger partial charge in [0.1, 0.15) is 0 Å². The zero-order valence-electron chi connectivity index (χ0n) is 17.4. The second-order valence-electron chi connectivity index (χ2n) is 6.88. The van der Waals surface area contributed by atoms with Crippen LogP contribution >= 0.6 is 11.8 Å². The molecule has 0 unspecified atom stereocenters. The van der Waals surface area contributed by atoms with E-state index < -0.39 is 5.91 Å². The molecular weight excluding hydrogens is 428 g/mol. The quantitative estimate of drug-likeness (QED) is 0.250. The fourth-order valence-corrected chi connectivity index (χ4v) is 3.74. The highest BCUT2D eigenvalue weighted by Gasteiger charge is 2.24. The van der Waals surface area contributed by atoms with Gasteiger partial charge in [-0.15, -0.1) is 16.9 Å². The first kappa shape index (κ1) is 21.2. The average molecular weight is 449 g/mol. The molecule has 0 saturated carbocycles. The van der Waals surface area contributed by atoms with Gasteiger partial charge in [0.05, 0.1) is 11.4 Å². The molecule has 0 saturated heterocycles. The number of thioether (sulfide) groups is 1. The summed E-state index contributed by atoms with van der Waals surface area (Å²) in [5, 5.41) is 19.7. The molecule has 0 atom stereocenters. The molecule has 32 heavy (non-hydrogen) atoms. The van der Waals surface area contributed by atoms with E-state index in [1.807, 2.05) is 68.4 Å². The molecule has 0 aliphatic rings. The number of benzene rings is 2. The predicted molar refractivity (Wildman–Crippen MR) is 120 cm³/mol. The van der Waals surface area contributed by atoms with E-state index >= 15 is 0 Å². The molecule has 0 bridgehead atoms. The molecule has 4 aromatic rings. The Kier molecular flexibility index (Phi) is 6.26. The molecule has 4 rings (SSSR count). The minimum absolute atomic E-state index is 0.0426. The van der Waals surface area contributed by atoms with Crippen molar-refractivity contribution in [2.24, 2.45) is 5.10 Å². The van der Waals surface area contributed by atoms with Crippen molar-refractivity contribution in [3.05, 3.63) is 77.1 Å². The largest absolute Gasteiger partial charge is 0.378 e. The van der Waals surface area contributed by atoms with E-state index in [1.54, 1.807) is 0 Å². The van der Waals surface area contributed by atoms with E-state index in [1.165, 1.54) is 16.4 Å². The lowest BCUT2D eigenvalue weighted by Gasteiger charge is -2.06. The first-order valence-electron chi connectivity index (χ1n) is 9.65. The van der Waals surface area contributed by atoms with Crippen molar-refractivity contribution in [1.29, 1.82) is 0 Å². The summed E-state index contributed by atoms with van der Waals surface area (Å²) < 4.78 is 6.04. The van der Waals surface area contributed by atoms with Crippen molar-refractivity contribution in [1.82, 2.24) is 30.7 Å². The number of hydrazone groups is 1. The number of aryl methyl sites for hydroxylation is 1. The molecule has 2 aromatic heterocycles. The van der Waals surface area contributed by atoms with Crippen molar-refractivity contribution >= 4 is 29.2 Å². The number of nitrogens with two attached hydrogens (primary N) is 1. The van der Waals surface area contributed by atoms with Crippen LogP contribution in [0.25, 0.3) is 5.82 Å². The van der Waals surface area contributed by atoms with E-state index in [-0.39, 0.29) is 17.3 Å². The van der Waals surface area contributed by atoms with Crippen molar-refractivity contribution in [3.8, 4) is 5.82 Å². The molecule has 11 heteroatoms. The van der Waals surface area contributed by atoms with E-state index in [0.717, 1.165) is 16.0 Å². The number of anilines is 1. The Balaban J connectivity index is 1.60. The SMILES string of the molecule is C/C(=N/NC(=O)c1nnn(-c2nonc2N)c1CSc1ccccc1)c1ccc(C)cc1. The lowest BCUT2D eigenvalue weighted by atomic mass is 10.1. The Hall–Kier alpha value is -3.99. The van der Waals surface area contributed by atoms with Gasteiger partial charge >= 0.3 is 0 Å². The van der Waals surface area contributed by atoms with Gasteiger partial charge in [-0.25, -0.2) is 10.1 Å². The molecular formula is C21H20N8O2S. The smallest absolute Gasteiger partial charge is 0.293 e. The summed E-state index contributed by atoms with van der Waals surface area (Å²) in [5.41, 5.74) is 11.7. The lowest BCUT2D eigenvalue weighted by molar-refractivity contribution is 0.0949. The van der Waals surface area contributed by atoms with Gasteiger partial charge in [-0.3, -0.25) is 4.79 Å². The van der Waals surface area contributed by atoms with Crippen molar-refractivity contribution in [2.45, 2.75) is 24.5 Å². The standard InChI is InChI=1S/C21H20N8O2S/c1-13-8-10-15(11-9-13)14(2)23-25-21(30)18-17(12-32-16-6-4-3-5-7-16)29(28-24-18)20-19(22)26-31-27-20/h3-11H,12H2,1-2H3,(H2,22,26)(H,25,30)/b23-14-. The molecule has 1 amide bonds. The maximum Gasteiger partial charge on any atom is 0.293 e. The van der Waals surface area contributed by atoms with Gasteiger partial charge in [0.25, 0.3) is 5.91 Å². The van der Waals surface area contributed by atoms with E-state index in [9.17, 15) is 4.79 Å². The van der Waals surface area contributed by atoms with Crippen LogP contribution < -0.4 is 11.2 Å². The zero-order valence-corrected chi connectivity index (χ0v) is 18.2. The fourth-order valence-electron chi connectivity index (χ4n) is 2.83. The number of hydrogen-bond acceptors (Lipinski definition) is 9. The van der Waals surface area contributed by atoms with Crippen molar-refractivity contribution in [2.75, 3.05) is 5.73 Å². The number of rotatable bonds is 7. The number of nitrogens with zero attached hydrogens (tertiary/aromatic N) is 6. The summed E-state index contributed by atoms with van der Waals surface area (Å²) in [6, 6.07) is 17.6. The van der Waals surface area contributed by atoms with Gasteiger partial charge in [-0.05, 0) is 41.9 Å². The first-order valence-corrected chi connectivity index (χ1v) is 10.6. The van der Waals surface area contributed by atoms with Gasteiger partial charge in [-0.2, -0.15) is 9.78 Å². The molecule has 2 heterocycles. The number of carbonyl (C=O) groups excluding carboxylic acids is 1. The molecule has 3 N–H and O–H groups in total. The van der Waals surface area contributed by atoms with E-state index in [0.29, 0.717) is 17.2 Å². The molecule has 0 aliphatic carbocycles. The van der Waals surface area contributed by atoms with Gasteiger partial charge in [0, 0.05) is 10.6 Å². The number of hydrogen-bond donors (Lipinski definition) is 2. The third-order valence-electron chi connectivity index (χ3n) is 4.59. The highest BCUT2D eigenvalue weighted by atomic mass is 32.2. The Labute approximate surface area is 187 Å². The highest BCUT2D eigenvalue weighted by molar-refractivity contribution is 7.98. The topological polar surface area (TPSA) is 137 Å². The minimum atomic E-state index is -0.499. The summed E-state index contributed by atoms with van der Waals surface area (Å²) in [6.45, 7) is 3.82. The summed E-state index contributed by atoms with van der Waals surface area (Å²) >= 11 is 1.51. The number of aromatic nitrogens is 5. The number of carbonyl (C=O) groups is 1. The maximum absolute atomic E-state index is 12.9. The van der Waals surface area contributed by atoms with Crippen LogP contribution in [0, 0.1) is 6.92 Å². The number of nitrogens with one attached hydrogen (secondary N) is 1. The van der Waals surface area contributed by atoms with Crippen LogP contribution in [0.2, 0.25) is 0 Å². The van der Waals surface area contributed by atoms with E-state index in [4.69, 9.17) is 5.73 Å². The van der Waals surface area contributed by atoms with Gasteiger partial charge < -0.3 is 5.73 Å². The second kappa shape index (κ2) is 9.43. The van der Waals surface area contributed by atoms with Crippen LogP contribution in [0.4, 0.5) is 5.82 Å². The normalized spacial score (nSPS) is 11.5. The second-order valence-corrected chi connectivity index (χ2v) is 7.92. The zero-order chi connectivity index (χ0) is 22.5. The summed E-state index contributed by atoms with van der Waals surface area (Å²) in [5.74, 6) is 0.0919. The molecule has 0 fully saturated rings. The van der Waals surface area contributed by atoms with Crippen LogP contribution in [0.3, 0.4) is 0 Å². The molecule has 2 aromatic carbocycles. The molecule has 10 nitrogen and oxygen atoms in total. The van der Waals surface area contributed by atoms with Crippen molar-refractivity contribution < 1.29 is 9.42 Å². The Morgan fingerprint density at radius 3 is 2.59 bits per heavy atom. The van der Waals surface area contributed by atoms with Gasteiger partial charge in [0.15, 0.2) is 5.69 Å². The van der Waals surface area contributed by atoms with Crippen LogP contribution in [0.5, 0.6) is 0 Å². The van der Waals surface area contributed by atoms with Gasteiger partial charge in [0.2, 0.25) is 11.6 Å². The third kappa shape index (κ3) is 4.67. The molecule has 162 valence electrons. The lowest BCUT2D eigenvalue weighted by Crippen LogP contribution is -2.21. The molecule has 0 spiro atoms. The van der Waals surface area contributed by atoms with Crippen LogP contribution in [-0.4, -0.2) is 36.9 Å². The Morgan fingerprint density at radius 1 is 1.16 bits per heavy atom. The monoisotopic (exact) mass is 448 g/mol. The first-order chi connectivity index (χ1) is 15.5. The Bertz CT molecular complexity index is 1250. The molecule has 0 radical (unpaired) electrons. The van der Waals surface area contributed by atoms with Crippen LogP contribution in [-0.2, 0) is 5.75 Å². The number of amides is 1. The van der Waals surface area contributed by atoms with Crippen molar-refractivity contribution in [3.63, 3.8) is 0 Å². The van der Waals surface area contributed by atoms with Crippen LogP contribution in [0.1, 0.15) is 34.2 Å². The summed E-state index contributed by atoms with van der Waals surface area (Å²) in [7, 11) is 0. The maximum atomic E-state index is 12.9. The van der Waals surface area contributed by atoms with E-state index in [2.05, 4.69) is 35.8 Å².